The summed E-state index contributed by atoms with van der Waals surface area (Å²) in [6, 6.07) is 11.2. The first-order valence-electron chi connectivity index (χ1n) is 10.3. The molecule has 10 heteroatoms. The van der Waals surface area contributed by atoms with Gasteiger partial charge in [0.1, 0.15) is 5.75 Å². The smallest absolute Gasteiger partial charge is 0.243 e. The number of rotatable bonds is 8. The second kappa shape index (κ2) is 10.3. The first-order valence-corrected chi connectivity index (χ1v) is 12.1. The number of halogens is 1. The van der Waals surface area contributed by atoms with Crippen LogP contribution in [0.2, 0.25) is 5.02 Å². The lowest BCUT2D eigenvalue weighted by molar-refractivity contribution is -0.121. The molecule has 2 aromatic carbocycles. The molecule has 0 radical (unpaired) electrons. The standard InChI is InChI=1S/C22H26ClN3O5S/c1-2-31-20-10-9-18(13-19(20)23)32(29,30)26-11-3-4-16(14-26)22(28)25-17-7-5-15(6-8-17)12-21(24)27/h5-10,13,16H,2-4,11-12,14H2,1H3,(H2,24,27)(H,25,28)/t16-/m0/s1. The molecule has 0 aliphatic carbocycles. The lowest BCUT2D eigenvalue weighted by atomic mass is 9.98. The van der Waals surface area contributed by atoms with E-state index in [9.17, 15) is 18.0 Å². The van der Waals surface area contributed by atoms with Crippen molar-refractivity contribution >= 4 is 39.1 Å². The Hall–Kier alpha value is -2.62. The van der Waals surface area contributed by atoms with Crippen LogP contribution in [0.3, 0.4) is 0 Å². The van der Waals surface area contributed by atoms with Crippen LogP contribution in [0.5, 0.6) is 5.75 Å². The molecule has 8 nitrogen and oxygen atoms in total. The maximum atomic E-state index is 13.1. The van der Waals surface area contributed by atoms with Gasteiger partial charge in [0.25, 0.3) is 0 Å². The largest absolute Gasteiger partial charge is 0.492 e. The van der Waals surface area contributed by atoms with Crippen molar-refractivity contribution in [2.75, 3.05) is 25.0 Å². The molecule has 0 bridgehead atoms. The van der Waals surface area contributed by atoms with Gasteiger partial charge in [0.15, 0.2) is 0 Å². The van der Waals surface area contributed by atoms with E-state index in [1.165, 1.54) is 22.5 Å². The van der Waals surface area contributed by atoms with Gasteiger partial charge in [-0.3, -0.25) is 9.59 Å². The molecule has 1 atom stereocenters. The number of primary amides is 1. The van der Waals surface area contributed by atoms with Crippen LogP contribution in [0.15, 0.2) is 47.4 Å². The van der Waals surface area contributed by atoms with E-state index in [2.05, 4.69) is 5.32 Å². The number of anilines is 1. The summed E-state index contributed by atoms with van der Waals surface area (Å²) in [5.74, 6) is -0.746. The maximum absolute atomic E-state index is 13.1. The van der Waals surface area contributed by atoms with Gasteiger partial charge in [-0.05, 0) is 55.7 Å². The Morgan fingerprint density at radius 1 is 1.22 bits per heavy atom. The van der Waals surface area contributed by atoms with Gasteiger partial charge in [-0.1, -0.05) is 23.7 Å². The summed E-state index contributed by atoms with van der Waals surface area (Å²) >= 11 is 6.16. The molecule has 1 aliphatic rings. The Balaban J connectivity index is 1.68. The van der Waals surface area contributed by atoms with Crippen LogP contribution in [-0.2, 0) is 26.0 Å². The van der Waals surface area contributed by atoms with Crippen molar-refractivity contribution in [3.8, 4) is 5.75 Å². The number of amides is 2. The molecule has 1 saturated heterocycles. The number of benzene rings is 2. The molecule has 2 amide bonds. The number of carbonyl (C=O) groups excluding carboxylic acids is 2. The fraction of sp³-hybridized carbons (Fsp3) is 0.364. The van der Waals surface area contributed by atoms with Crippen molar-refractivity contribution in [1.29, 1.82) is 0 Å². The molecule has 2 aromatic rings. The van der Waals surface area contributed by atoms with Crippen molar-refractivity contribution in [2.24, 2.45) is 11.7 Å². The minimum Gasteiger partial charge on any atom is -0.492 e. The summed E-state index contributed by atoms with van der Waals surface area (Å²) < 4.78 is 32.9. The average Bonchev–Trinajstić information content (AvgIpc) is 2.76. The normalized spacial score (nSPS) is 17.0. The number of nitrogens with one attached hydrogen (secondary N) is 1. The SMILES string of the molecule is CCOc1ccc(S(=O)(=O)N2CCC[C@H](C(=O)Nc3ccc(CC(N)=O)cc3)C2)cc1Cl. The van der Waals surface area contributed by atoms with E-state index in [4.69, 9.17) is 22.1 Å². The van der Waals surface area contributed by atoms with Gasteiger partial charge < -0.3 is 15.8 Å². The van der Waals surface area contributed by atoms with E-state index >= 15 is 0 Å². The van der Waals surface area contributed by atoms with E-state index in [0.717, 1.165) is 5.56 Å². The molecule has 32 heavy (non-hydrogen) atoms. The van der Waals surface area contributed by atoms with E-state index in [-0.39, 0.29) is 28.8 Å². The predicted molar refractivity (Wildman–Crippen MR) is 122 cm³/mol. The lowest BCUT2D eigenvalue weighted by Gasteiger charge is -2.31. The summed E-state index contributed by atoms with van der Waals surface area (Å²) in [5, 5.41) is 3.04. The first-order chi connectivity index (χ1) is 15.2. The third-order valence-electron chi connectivity index (χ3n) is 5.20. The van der Waals surface area contributed by atoms with Crippen molar-refractivity contribution in [2.45, 2.75) is 31.1 Å². The monoisotopic (exact) mass is 479 g/mol. The Morgan fingerprint density at radius 2 is 1.94 bits per heavy atom. The van der Waals surface area contributed by atoms with Crippen LogP contribution < -0.4 is 15.8 Å². The Morgan fingerprint density at radius 3 is 2.56 bits per heavy atom. The highest BCUT2D eigenvalue weighted by Gasteiger charge is 2.33. The molecular weight excluding hydrogens is 454 g/mol. The Kier molecular flexibility index (Phi) is 7.76. The first kappa shape index (κ1) is 24.0. The van der Waals surface area contributed by atoms with Crippen LogP contribution in [0.1, 0.15) is 25.3 Å². The van der Waals surface area contributed by atoms with Crippen molar-refractivity contribution in [1.82, 2.24) is 4.31 Å². The number of piperidine rings is 1. The molecule has 172 valence electrons. The number of ether oxygens (including phenoxy) is 1. The van der Waals surface area contributed by atoms with Crippen LogP contribution in [0, 0.1) is 5.92 Å². The zero-order valence-electron chi connectivity index (χ0n) is 17.7. The van der Waals surface area contributed by atoms with Crippen molar-refractivity contribution < 1.29 is 22.7 Å². The van der Waals surface area contributed by atoms with Gasteiger partial charge in [-0.15, -0.1) is 0 Å². The summed E-state index contributed by atoms with van der Waals surface area (Å²) in [6.45, 7) is 2.65. The minimum absolute atomic E-state index is 0.0667. The van der Waals surface area contributed by atoms with E-state index in [1.807, 2.05) is 6.92 Å². The summed E-state index contributed by atoms with van der Waals surface area (Å²) in [7, 11) is -3.80. The second-order valence-electron chi connectivity index (χ2n) is 7.56. The number of hydrogen-bond acceptors (Lipinski definition) is 5. The molecule has 3 rings (SSSR count). The van der Waals surface area contributed by atoms with Crippen LogP contribution in [-0.4, -0.2) is 44.2 Å². The molecule has 1 aliphatic heterocycles. The zero-order valence-corrected chi connectivity index (χ0v) is 19.3. The van der Waals surface area contributed by atoms with E-state index < -0.39 is 21.8 Å². The Labute approximate surface area is 192 Å². The van der Waals surface area contributed by atoms with Gasteiger partial charge in [0, 0.05) is 18.8 Å². The molecule has 3 N–H and O–H groups in total. The quantitative estimate of drug-likeness (QED) is 0.603. The van der Waals surface area contributed by atoms with Crippen LogP contribution in [0.4, 0.5) is 5.69 Å². The fourth-order valence-electron chi connectivity index (χ4n) is 3.59. The third-order valence-corrected chi connectivity index (χ3v) is 7.35. The topological polar surface area (TPSA) is 119 Å². The summed E-state index contributed by atoms with van der Waals surface area (Å²) in [4.78, 5) is 23.8. The number of nitrogens with two attached hydrogens (primary N) is 1. The number of hydrogen-bond donors (Lipinski definition) is 2. The molecule has 0 saturated carbocycles. The van der Waals surface area contributed by atoms with Crippen LogP contribution >= 0.6 is 11.6 Å². The van der Waals surface area contributed by atoms with Crippen LogP contribution in [0.25, 0.3) is 0 Å². The molecule has 0 unspecified atom stereocenters. The third kappa shape index (κ3) is 5.79. The summed E-state index contributed by atoms with van der Waals surface area (Å²) in [5.41, 5.74) is 6.50. The molecule has 0 aromatic heterocycles. The fourth-order valence-corrected chi connectivity index (χ4v) is 5.44. The lowest BCUT2D eigenvalue weighted by Crippen LogP contribution is -2.43. The number of nitrogens with zero attached hydrogens (tertiary/aromatic N) is 1. The highest BCUT2D eigenvalue weighted by molar-refractivity contribution is 7.89. The van der Waals surface area contributed by atoms with Gasteiger partial charge in [0.2, 0.25) is 21.8 Å². The maximum Gasteiger partial charge on any atom is 0.243 e. The van der Waals surface area contributed by atoms with Crippen molar-refractivity contribution in [3.63, 3.8) is 0 Å². The summed E-state index contributed by atoms with van der Waals surface area (Å²) in [6.07, 6.45) is 1.28. The second-order valence-corrected chi connectivity index (χ2v) is 9.90. The molecule has 0 spiro atoms. The highest BCUT2D eigenvalue weighted by Crippen LogP contribution is 2.30. The molecule has 1 heterocycles. The van der Waals surface area contributed by atoms with Gasteiger partial charge in [-0.2, -0.15) is 4.31 Å². The van der Waals surface area contributed by atoms with Crippen molar-refractivity contribution in [3.05, 3.63) is 53.1 Å². The van der Waals surface area contributed by atoms with Gasteiger partial charge in [-0.25, -0.2) is 8.42 Å². The van der Waals surface area contributed by atoms with Gasteiger partial charge >= 0.3 is 0 Å². The molecule has 1 fully saturated rings. The highest BCUT2D eigenvalue weighted by atomic mass is 35.5. The predicted octanol–water partition coefficient (Wildman–Crippen LogP) is 2.81. The average molecular weight is 480 g/mol. The van der Waals surface area contributed by atoms with E-state index in [1.54, 1.807) is 24.3 Å². The van der Waals surface area contributed by atoms with Gasteiger partial charge in [0.05, 0.1) is 28.9 Å². The van der Waals surface area contributed by atoms with E-state index in [0.29, 0.717) is 37.4 Å². The number of carbonyl (C=O) groups is 2. The molecular formula is C22H26ClN3O5S. The number of sulfonamides is 1. The Bertz CT molecular complexity index is 1090. The minimum atomic E-state index is -3.80. The zero-order chi connectivity index (χ0) is 23.3.